The van der Waals surface area contributed by atoms with E-state index in [1.54, 1.807) is 12.3 Å². The zero-order chi connectivity index (χ0) is 13.7. The maximum atomic E-state index is 11.7. The lowest BCUT2D eigenvalue weighted by atomic mass is 10.0. The van der Waals surface area contributed by atoms with Crippen molar-refractivity contribution in [3.05, 3.63) is 53.3 Å². The van der Waals surface area contributed by atoms with Crippen LogP contribution in [0, 0.1) is 6.92 Å². The highest BCUT2D eigenvalue weighted by molar-refractivity contribution is 5.92. The molecule has 0 aliphatic rings. The molecule has 19 heavy (non-hydrogen) atoms. The number of rotatable bonds is 4. The van der Waals surface area contributed by atoms with Crippen LogP contribution in [0.25, 0.3) is 0 Å². The summed E-state index contributed by atoms with van der Waals surface area (Å²) >= 11 is 0. The van der Waals surface area contributed by atoms with Crippen molar-refractivity contribution >= 4 is 12.1 Å². The molecule has 0 fully saturated rings. The second kappa shape index (κ2) is 5.95. The molecule has 98 valence electrons. The minimum atomic E-state index is -0.319. The van der Waals surface area contributed by atoms with Gasteiger partial charge in [0.05, 0.1) is 0 Å². The number of carbonyl (C=O) groups excluding carboxylic acids is 1. The van der Waals surface area contributed by atoms with Gasteiger partial charge in [0.25, 0.3) is 5.91 Å². The van der Waals surface area contributed by atoms with Gasteiger partial charge in [-0.3, -0.25) is 9.89 Å². The Morgan fingerprint density at radius 2 is 2.16 bits per heavy atom. The average Bonchev–Trinajstić information content (AvgIpc) is 2.86. The molecule has 0 aliphatic carbocycles. The van der Waals surface area contributed by atoms with Gasteiger partial charge in [-0.25, -0.2) is 5.43 Å². The Morgan fingerprint density at radius 1 is 1.42 bits per heavy atom. The molecule has 1 aromatic heterocycles. The fraction of sp³-hybridized carbons (Fsp3) is 0.214. The highest BCUT2D eigenvalue weighted by Crippen LogP contribution is 2.11. The average molecular weight is 256 g/mol. The van der Waals surface area contributed by atoms with Gasteiger partial charge in [0.15, 0.2) is 5.69 Å². The first-order valence-electron chi connectivity index (χ1n) is 6.07. The van der Waals surface area contributed by atoms with Crippen LogP contribution in [0.1, 0.15) is 34.6 Å². The third-order valence-electron chi connectivity index (χ3n) is 2.73. The minimum absolute atomic E-state index is 0.141. The maximum absolute atomic E-state index is 11.7. The van der Waals surface area contributed by atoms with Gasteiger partial charge < -0.3 is 0 Å². The van der Waals surface area contributed by atoms with Crippen molar-refractivity contribution in [2.24, 2.45) is 5.10 Å². The van der Waals surface area contributed by atoms with Gasteiger partial charge in [-0.1, -0.05) is 37.3 Å². The van der Waals surface area contributed by atoms with Crippen molar-refractivity contribution in [3.8, 4) is 0 Å². The number of aryl methyl sites for hydroxylation is 1. The molecule has 2 aromatic rings. The summed E-state index contributed by atoms with van der Waals surface area (Å²) in [5.74, 6) is -0.178. The molecule has 1 heterocycles. The number of carbonyl (C=O) groups is 1. The Kier molecular flexibility index (Phi) is 4.07. The molecule has 2 rings (SSSR count). The van der Waals surface area contributed by atoms with Crippen LogP contribution in [0.4, 0.5) is 0 Å². The lowest BCUT2D eigenvalue weighted by Crippen LogP contribution is -2.18. The molecule has 0 unspecified atom stereocenters. The Morgan fingerprint density at radius 3 is 2.79 bits per heavy atom. The monoisotopic (exact) mass is 256 g/mol. The minimum Gasteiger partial charge on any atom is -0.282 e. The van der Waals surface area contributed by atoms with Gasteiger partial charge in [0.1, 0.15) is 0 Å². The van der Waals surface area contributed by atoms with Gasteiger partial charge in [-0.15, -0.1) is 0 Å². The second-order valence-electron chi connectivity index (χ2n) is 4.35. The fourth-order valence-electron chi connectivity index (χ4n) is 1.64. The molecule has 0 bridgehead atoms. The summed E-state index contributed by atoms with van der Waals surface area (Å²) < 4.78 is 0. The number of hydrogen-bond donors (Lipinski definition) is 2. The number of hydrogen-bond acceptors (Lipinski definition) is 3. The van der Waals surface area contributed by atoms with Crippen LogP contribution in [0.5, 0.6) is 0 Å². The molecule has 5 heteroatoms. The number of hydrazone groups is 1. The van der Waals surface area contributed by atoms with Crippen molar-refractivity contribution in [3.63, 3.8) is 0 Å². The number of nitrogens with one attached hydrogen (secondary N) is 2. The zero-order valence-corrected chi connectivity index (χ0v) is 10.9. The summed E-state index contributed by atoms with van der Waals surface area (Å²) in [6.07, 6.45) is 1.70. The summed E-state index contributed by atoms with van der Waals surface area (Å²) in [4.78, 5) is 11.7. The topological polar surface area (TPSA) is 70.1 Å². The quantitative estimate of drug-likeness (QED) is 0.650. The number of aromatic nitrogens is 2. The highest BCUT2D eigenvalue weighted by Gasteiger charge is 2.07. The van der Waals surface area contributed by atoms with Crippen LogP contribution >= 0.6 is 0 Å². The van der Waals surface area contributed by atoms with E-state index in [1.807, 2.05) is 44.2 Å². The first-order valence-corrected chi connectivity index (χ1v) is 6.07. The van der Waals surface area contributed by atoms with Crippen molar-refractivity contribution in [2.75, 3.05) is 0 Å². The molecule has 0 radical (unpaired) electrons. The fourth-order valence-corrected chi connectivity index (χ4v) is 1.64. The van der Waals surface area contributed by atoms with Gasteiger partial charge in [-0.2, -0.15) is 10.2 Å². The summed E-state index contributed by atoms with van der Waals surface area (Å²) in [6, 6.07) is 11.6. The van der Waals surface area contributed by atoms with Gasteiger partial charge in [0, 0.05) is 17.8 Å². The SMILES string of the molecule is Cc1cc(C(=O)N/N=C\[C@H](C)c2ccccc2)n[nH]1. The van der Waals surface area contributed by atoms with E-state index < -0.39 is 0 Å². The molecule has 0 spiro atoms. The Balaban J connectivity index is 1.92. The molecular formula is C14H16N4O. The molecule has 0 saturated carbocycles. The first-order chi connectivity index (χ1) is 9.16. The maximum Gasteiger partial charge on any atom is 0.291 e. The Bertz CT molecular complexity index is 574. The summed E-state index contributed by atoms with van der Waals surface area (Å²) in [5, 5.41) is 10.5. The number of nitrogens with zero attached hydrogens (tertiary/aromatic N) is 2. The van der Waals surface area contributed by atoms with E-state index in [-0.39, 0.29) is 11.8 Å². The molecular weight excluding hydrogens is 240 g/mol. The highest BCUT2D eigenvalue weighted by atomic mass is 16.2. The summed E-state index contributed by atoms with van der Waals surface area (Å²) in [6.45, 7) is 3.86. The first kappa shape index (κ1) is 13.0. The van der Waals surface area contributed by atoms with Crippen molar-refractivity contribution in [1.82, 2.24) is 15.6 Å². The normalized spacial score (nSPS) is 12.5. The van der Waals surface area contributed by atoms with E-state index in [4.69, 9.17) is 0 Å². The van der Waals surface area contributed by atoms with Crippen LogP contribution in [0.2, 0.25) is 0 Å². The number of aromatic amines is 1. The molecule has 1 aromatic carbocycles. The molecule has 1 amide bonds. The molecule has 0 aliphatic heterocycles. The van der Waals surface area contributed by atoms with Crippen molar-refractivity contribution in [1.29, 1.82) is 0 Å². The van der Waals surface area contributed by atoms with Crippen LogP contribution < -0.4 is 5.43 Å². The Hall–Kier alpha value is -2.43. The van der Waals surface area contributed by atoms with Crippen molar-refractivity contribution in [2.45, 2.75) is 19.8 Å². The smallest absolute Gasteiger partial charge is 0.282 e. The lowest BCUT2D eigenvalue weighted by Gasteiger charge is -2.04. The third-order valence-corrected chi connectivity index (χ3v) is 2.73. The van der Waals surface area contributed by atoms with E-state index in [9.17, 15) is 4.79 Å². The van der Waals surface area contributed by atoms with Gasteiger partial charge in [-0.05, 0) is 18.6 Å². The zero-order valence-electron chi connectivity index (χ0n) is 10.9. The molecule has 2 N–H and O–H groups in total. The number of benzene rings is 1. The Labute approximate surface area is 111 Å². The predicted molar refractivity (Wildman–Crippen MR) is 74.1 cm³/mol. The van der Waals surface area contributed by atoms with Crippen molar-refractivity contribution < 1.29 is 4.79 Å². The largest absolute Gasteiger partial charge is 0.291 e. The van der Waals surface area contributed by atoms with E-state index in [0.29, 0.717) is 5.69 Å². The summed E-state index contributed by atoms with van der Waals surface area (Å²) in [7, 11) is 0. The van der Waals surface area contributed by atoms with E-state index >= 15 is 0 Å². The molecule has 0 saturated heterocycles. The standard InChI is InChI=1S/C14H16N4O/c1-10(12-6-4-3-5-7-12)9-15-18-14(19)13-8-11(2)16-17-13/h3-10H,1-2H3,(H,16,17)(H,18,19)/b15-9-/t10-/m0/s1. The molecule has 1 atom stereocenters. The number of H-pyrrole nitrogens is 1. The van der Waals surface area contributed by atoms with E-state index in [0.717, 1.165) is 11.3 Å². The van der Waals surface area contributed by atoms with E-state index in [1.165, 1.54) is 0 Å². The number of amides is 1. The van der Waals surface area contributed by atoms with E-state index in [2.05, 4.69) is 20.7 Å². The second-order valence-corrected chi connectivity index (χ2v) is 4.35. The van der Waals surface area contributed by atoms with Crippen LogP contribution in [-0.4, -0.2) is 22.3 Å². The summed E-state index contributed by atoms with van der Waals surface area (Å²) in [5.41, 5.74) is 4.78. The van der Waals surface area contributed by atoms with Gasteiger partial charge in [0.2, 0.25) is 0 Å². The van der Waals surface area contributed by atoms with Crippen LogP contribution in [0.3, 0.4) is 0 Å². The van der Waals surface area contributed by atoms with Crippen LogP contribution in [-0.2, 0) is 0 Å². The predicted octanol–water partition coefficient (Wildman–Crippen LogP) is 2.24. The lowest BCUT2D eigenvalue weighted by molar-refractivity contribution is 0.0950. The third kappa shape index (κ3) is 3.51. The molecule has 5 nitrogen and oxygen atoms in total. The van der Waals surface area contributed by atoms with Gasteiger partial charge >= 0.3 is 0 Å². The van der Waals surface area contributed by atoms with Crippen LogP contribution in [0.15, 0.2) is 41.5 Å².